The van der Waals surface area contributed by atoms with Crippen molar-refractivity contribution in [3.05, 3.63) is 78.4 Å². The van der Waals surface area contributed by atoms with E-state index in [9.17, 15) is 0 Å². The van der Waals surface area contributed by atoms with E-state index in [4.69, 9.17) is 4.74 Å². The van der Waals surface area contributed by atoms with E-state index in [1.54, 1.807) is 0 Å². The van der Waals surface area contributed by atoms with Crippen LogP contribution in [0.1, 0.15) is 17.4 Å². The minimum atomic E-state index is 0.239. The molecule has 27 heavy (non-hydrogen) atoms. The first-order valence-electron chi connectivity index (χ1n) is 9.43. The number of ether oxygens (including phenoxy) is 1. The summed E-state index contributed by atoms with van der Waals surface area (Å²) in [6.07, 6.45) is 3.72. The van der Waals surface area contributed by atoms with Gasteiger partial charge in [-0.1, -0.05) is 24.3 Å². The Balaban J connectivity index is 1.44. The molecule has 3 heterocycles. The molecule has 1 unspecified atom stereocenters. The molecule has 1 atom stereocenters. The average molecular weight is 363 g/mol. The van der Waals surface area contributed by atoms with Crippen molar-refractivity contribution in [1.29, 1.82) is 0 Å². The topological polar surface area (TPSA) is 55.2 Å². The molecule has 0 saturated carbocycles. The van der Waals surface area contributed by atoms with E-state index in [2.05, 4.69) is 50.6 Å². The highest BCUT2D eigenvalue weighted by Crippen LogP contribution is 2.19. The summed E-state index contributed by atoms with van der Waals surface area (Å²) in [6, 6.07) is 18.6. The van der Waals surface area contributed by atoms with Crippen LogP contribution in [0.4, 0.5) is 0 Å². The zero-order valence-electron chi connectivity index (χ0n) is 15.4. The van der Waals surface area contributed by atoms with E-state index in [0.717, 1.165) is 56.5 Å². The van der Waals surface area contributed by atoms with Gasteiger partial charge < -0.3 is 10.1 Å². The van der Waals surface area contributed by atoms with Crippen molar-refractivity contribution >= 4 is 0 Å². The number of rotatable bonds is 7. The predicted octanol–water partition coefficient (Wildman–Crippen LogP) is 2.43. The highest BCUT2D eigenvalue weighted by molar-refractivity contribution is 5.32. The lowest BCUT2D eigenvalue weighted by Gasteiger charge is -2.34. The molecule has 2 aromatic heterocycles. The van der Waals surface area contributed by atoms with E-state index in [1.807, 2.05) is 41.3 Å². The molecule has 0 spiro atoms. The average Bonchev–Trinajstić information content (AvgIpc) is 3.22. The van der Waals surface area contributed by atoms with Crippen LogP contribution in [0.25, 0.3) is 5.69 Å². The summed E-state index contributed by atoms with van der Waals surface area (Å²) in [6.45, 7) is 5.02. The van der Waals surface area contributed by atoms with E-state index in [0.29, 0.717) is 0 Å². The van der Waals surface area contributed by atoms with Gasteiger partial charge in [-0.2, -0.15) is 5.10 Å². The van der Waals surface area contributed by atoms with Gasteiger partial charge in [0, 0.05) is 38.6 Å². The maximum atomic E-state index is 5.52. The van der Waals surface area contributed by atoms with Gasteiger partial charge in [-0.05, 0) is 30.3 Å². The Hall–Kier alpha value is -2.54. The van der Waals surface area contributed by atoms with Crippen LogP contribution in [0, 0.1) is 0 Å². The third-order valence-electron chi connectivity index (χ3n) is 4.88. The Kier molecular flexibility index (Phi) is 5.89. The van der Waals surface area contributed by atoms with Gasteiger partial charge in [-0.3, -0.25) is 9.88 Å². The molecule has 0 radical (unpaired) electrons. The molecule has 6 nitrogen and oxygen atoms in total. The molecule has 6 heteroatoms. The molecule has 3 aromatic rings. The maximum absolute atomic E-state index is 5.52. The highest BCUT2D eigenvalue weighted by Gasteiger charge is 2.23. The van der Waals surface area contributed by atoms with Gasteiger partial charge >= 0.3 is 0 Å². The van der Waals surface area contributed by atoms with Crippen molar-refractivity contribution in [3.63, 3.8) is 0 Å². The number of aromatic nitrogens is 3. The first-order chi connectivity index (χ1) is 13.4. The van der Waals surface area contributed by atoms with Gasteiger partial charge in [-0.15, -0.1) is 0 Å². The molecule has 0 aliphatic carbocycles. The first kappa shape index (κ1) is 17.9. The summed E-state index contributed by atoms with van der Waals surface area (Å²) >= 11 is 0. The van der Waals surface area contributed by atoms with Gasteiger partial charge in [0.25, 0.3) is 0 Å². The van der Waals surface area contributed by atoms with Gasteiger partial charge in [-0.25, -0.2) is 4.68 Å². The lowest BCUT2D eigenvalue weighted by Crippen LogP contribution is -2.43. The Morgan fingerprint density at radius 3 is 2.56 bits per heavy atom. The minimum Gasteiger partial charge on any atom is -0.379 e. The van der Waals surface area contributed by atoms with Crippen molar-refractivity contribution < 1.29 is 4.74 Å². The van der Waals surface area contributed by atoms with Crippen molar-refractivity contribution in [1.82, 2.24) is 25.0 Å². The summed E-state index contributed by atoms with van der Waals surface area (Å²) in [4.78, 5) is 7.05. The second-order valence-corrected chi connectivity index (χ2v) is 6.62. The molecule has 1 saturated heterocycles. The number of nitrogens with zero attached hydrogens (tertiary/aromatic N) is 4. The Labute approximate surface area is 159 Å². The van der Waals surface area contributed by atoms with Crippen molar-refractivity contribution in [2.24, 2.45) is 0 Å². The smallest absolute Gasteiger partial charge is 0.0649 e. The zero-order chi connectivity index (χ0) is 18.3. The lowest BCUT2D eigenvalue weighted by molar-refractivity contribution is 0.0152. The summed E-state index contributed by atoms with van der Waals surface area (Å²) in [7, 11) is 0. The molecule has 1 fully saturated rings. The van der Waals surface area contributed by atoms with Gasteiger partial charge in [0.05, 0.1) is 36.3 Å². The van der Waals surface area contributed by atoms with Gasteiger partial charge in [0.2, 0.25) is 0 Å². The largest absolute Gasteiger partial charge is 0.379 e. The fourth-order valence-corrected chi connectivity index (χ4v) is 3.49. The Morgan fingerprint density at radius 1 is 0.963 bits per heavy atom. The monoisotopic (exact) mass is 363 g/mol. The molecular formula is C21H25N5O. The molecule has 140 valence electrons. The van der Waals surface area contributed by atoms with E-state index in [-0.39, 0.29) is 6.04 Å². The second-order valence-electron chi connectivity index (χ2n) is 6.62. The van der Waals surface area contributed by atoms with E-state index >= 15 is 0 Å². The van der Waals surface area contributed by atoms with Crippen molar-refractivity contribution in [2.75, 3.05) is 32.8 Å². The van der Waals surface area contributed by atoms with Crippen LogP contribution in [0.3, 0.4) is 0 Å². The predicted molar refractivity (Wildman–Crippen MR) is 105 cm³/mol. The fraction of sp³-hybridized carbons (Fsp3) is 0.333. The Morgan fingerprint density at radius 2 is 1.78 bits per heavy atom. The van der Waals surface area contributed by atoms with Gasteiger partial charge in [0.1, 0.15) is 0 Å². The summed E-state index contributed by atoms with van der Waals surface area (Å²) < 4.78 is 7.50. The first-order valence-corrected chi connectivity index (χ1v) is 9.43. The summed E-state index contributed by atoms with van der Waals surface area (Å²) in [5.74, 6) is 0. The van der Waals surface area contributed by atoms with Crippen molar-refractivity contribution in [2.45, 2.75) is 12.6 Å². The van der Waals surface area contributed by atoms with E-state index < -0.39 is 0 Å². The third kappa shape index (κ3) is 4.42. The number of morpholine rings is 1. The number of hydrogen-bond acceptors (Lipinski definition) is 5. The lowest BCUT2D eigenvalue weighted by atomic mass is 10.1. The maximum Gasteiger partial charge on any atom is 0.0649 e. The van der Waals surface area contributed by atoms with Crippen LogP contribution in [-0.2, 0) is 11.3 Å². The number of benzene rings is 1. The molecular weight excluding hydrogens is 338 g/mol. The van der Waals surface area contributed by atoms with Gasteiger partial charge in [0.15, 0.2) is 0 Å². The summed E-state index contributed by atoms with van der Waals surface area (Å²) in [5.41, 5.74) is 3.32. The van der Waals surface area contributed by atoms with Crippen LogP contribution in [-0.4, -0.2) is 52.5 Å². The molecule has 1 aliphatic rings. The molecule has 0 bridgehead atoms. The van der Waals surface area contributed by atoms with Crippen LogP contribution in [0.15, 0.2) is 67.0 Å². The number of para-hydroxylation sites is 1. The van der Waals surface area contributed by atoms with E-state index in [1.165, 1.54) is 0 Å². The highest BCUT2D eigenvalue weighted by atomic mass is 16.5. The number of nitrogens with one attached hydrogen (secondary N) is 1. The minimum absolute atomic E-state index is 0.239. The normalized spacial score (nSPS) is 16.3. The second kappa shape index (κ2) is 8.90. The van der Waals surface area contributed by atoms with Crippen LogP contribution >= 0.6 is 0 Å². The quantitative estimate of drug-likeness (QED) is 0.699. The number of hydrogen-bond donors (Lipinski definition) is 1. The molecule has 0 amide bonds. The molecule has 1 aromatic carbocycles. The third-order valence-corrected chi connectivity index (χ3v) is 4.88. The standard InChI is InChI=1S/C21H25N5O/c1-2-6-18(7-3-1)26-19(9-11-24-26)16-22-17-21(20-8-4-5-10-23-20)25-12-14-27-15-13-25/h1-11,21-22H,12-17H2. The molecule has 1 N–H and O–H groups in total. The molecule has 1 aliphatic heterocycles. The fourth-order valence-electron chi connectivity index (χ4n) is 3.49. The number of pyridine rings is 1. The molecule has 4 rings (SSSR count). The van der Waals surface area contributed by atoms with Crippen molar-refractivity contribution in [3.8, 4) is 5.69 Å². The van der Waals surface area contributed by atoms with Crippen LogP contribution in [0.5, 0.6) is 0 Å². The van der Waals surface area contributed by atoms with Crippen LogP contribution in [0.2, 0.25) is 0 Å². The zero-order valence-corrected chi connectivity index (χ0v) is 15.4. The summed E-state index contributed by atoms with van der Waals surface area (Å²) in [5, 5.41) is 8.08. The Bertz CT molecular complexity index is 815. The SMILES string of the molecule is c1ccc(-n2nccc2CNCC(c2ccccn2)N2CCOCC2)cc1. The van der Waals surface area contributed by atoms with Crippen LogP contribution < -0.4 is 5.32 Å².